The summed E-state index contributed by atoms with van der Waals surface area (Å²) in [6, 6.07) is 76.6. The molecule has 12 nitrogen and oxygen atoms in total. The maximum Gasteiger partial charge on any atom is 0.340 e. The van der Waals surface area contributed by atoms with Crippen LogP contribution in [0.3, 0.4) is 0 Å². The molecule has 0 saturated heterocycles. The first-order chi connectivity index (χ1) is 42.3. The van der Waals surface area contributed by atoms with Gasteiger partial charge in [-0.2, -0.15) is 0 Å². The molecular formula is C74H44N8O4Zn. The Morgan fingerprint density at radius 2 is 0.471 bits per heavy atom. The number of hydrogen-bond donors (Lipinski definition) is 6. The summed E-state index contributed by atoms with van der Waals surface area (Å²) < 4.78 is 0. The molecule has 0 atom stereocenters. The summed E-state index contributed by atoms with van der Waals surface area (Å²) in [6.07, 6.45) is 0. The summed E-state index contributed by atoms with van der Waals surface area (Å²) >= 11 is 0. The van der Waals surface area contributed by atoms with Crippen molar-refractivity contribution in [3.63, 3.8) is 0 Å². The van der Waals surface area contributed by atoms with E-state index in [-0.39, 0.29) is 30.6 Å². The van der Waals surface area contributed by atoms with Crippen LogP contribution >= 0.6 is 0 Å². The number of rotatable bonds is 2. The van der Waals surface area contributed by atoms with E-state index >= 15 is 0 Å². The van der Waals surface area contributed by atoms with Crippen LogP contribution in [0.15, 0.2) is 231 Å². The molecule has 0 radical (unpaired) electrons. The van der Waals surface area contributed by atoms with Gasteiger partial charge in [0.05, 0.1) is 56.6 Å². The van der Waals surface area contributed by atoms with Crippen molar-refractivity contribution in [2.24, 2.45) is 0 Å². The third-order valence-electron chi connectivity index (χ3n) is 17.0. The first-order valence-electron chi connectivity index (χ1n) is 28.2. The molecule has 6 aromatic heterocycles. The molecule has 0 saturated carbocycles. The summed E-state index contributed by atoms with van der Waals surface area (Å²) in [5, 5.41) is 29.1. The quantitative estimate of drug-likeness (QED) is 0.0922. The zero-order chi connectivity index (χ0) is 57.3. The molecule has 8 aromatic carbocycles. The Labute approximate surface area is 507 Å². The van der Waals surface area contributed by atoms with E-state index in [9.17, 15) is 19.8 Å². The van der Waals surface area contributed by atoms with Crippen LogP contribution in [0.1, 0.15) is 20.7 Å². The first-order valence-corrected chi connectivity index (χ1v) is 28.2. The van der Waals surface area contributed by atoms with Crippen molar-refractivity contribution >= 4 is 99.2 Å². The number of nitrogens with zero attached hydrogens (tertiary/aromatic N) is 4. The largest absolute Gasteiger partial charge is 0.478 e. The van der Waals surface area contributed by atoms with Crippen LogP contribution in [0.25, 0.3) is 177 Å². The van der Waals surface area contributed by atoms with E-state index in [1.54, 1.807) is 0 Å². The van der Waals surface area contributed by atoms with Gasteiger partial charge in [0.15, 0.2) is 0 Å². The number of aromatic nitrogens is 8. The Morgan fingerprint density at radius 1 is 0.264 bits per heavy atom. The Bertz CT molecular complexity index is 5370. The fourth-order valence-corrected chi connectivity index (χ4v) is 13.1. The monoisotopic (exact) mass is 1170 g/mol. The number of hydrogen-bond acceptors (Lipinski definition) is 6. The van der Waals surface area contributed by atoms with Gasteiger partial charge in [0, 0.05) is 140 Å². The van der Waals surface area contributed by atoms with Crippen LogP contribution in [-0.4, -0.2) is 62.0 Å². The molecule has 10 heterocycles. The predicted octanol–water partition coefficient (Wildman–Crippen LogP) is 18.0. The molecule has 4 aliphatic heterocycles. The molecule has 18 rings (SSSR count). The van der Waals surface area contributed by atoms with Crippen LogP contribution in [0.5, 0.6) is 0 Å². The van der Waals surface area contributed by atoms with Crippen molar-refractivity contribution in [2.45, 2.75) is 0 Å². The molecule has 406 valence electrons. The van der Waals surface area contributed by atoms with Gasteiger partial charge in [-0.05, 0) is 36.4 Å². The van der Waals surface area contributed by atoms with Crippen LogP contribution in [0, 0.1) is 0 Å². The molecule has 4 aliphatic rings. The maximum atomic E-state index is 13.1. The summed E-state index contributed by atoms with van der Waals surface area (Å²) in [6.45, 7) is 0. The average Bonchev–Trinajstić information content (AvgIpc) is 1.79. The Kier molecular flexibility index (Phi) is 11.7. The third kappa shape index (κ3) is 8.08. The topological polar surface area (TPSA) is 189 Å². The molecule has 6 N–H and O–H groups in total. The summed E-state index contributed by atoms with van der Waals surface area (Å²) in [5.74, 6) is -2.09. The van der Waals surface area contributed by atoms with Gasteiger partial charge >= 0.3 is 11.9 Å². The van der Waals surface area contributed by atoms with Crippen molar-refractivity contribution in [3.8, 4) is 90.1 Å². The van der Waals surface area contributed by atoms with E-state index in [0.717, 1.165) is 143 Å². The number of H-pyrrole nitrogens is 4. The second kappa shape index (κ2) is 19.9. The zero-order valence-corrected chi connectivity index (χ0v) is 49.1. The van der Waals surface area contributed by atoms with Gasteiger partial charge in [0.2, 0.25) is 0 Å². The van der Waals surface area contributed by atoms with E-state index in [4.69, 9.17) is 19.9 Å². The third-order valence-corrected chi connectivity index (χ3v) is 17.0. The number of carboxylic acids is 2. The number of nitrogens with one attached hydrogen (secondary N) is 4. The van der Waals surface area contributed by atoms with Gasteiger partial charge in [0.1, 0.15) is 11.1 Å². The minimum Gasteiger partial charge on any atom is -0.478 e. The van der Waals surface area contributed by atoms with Crippen LogP contribution < -0.4 is 0 Å². The SMILES string of the molecule is O=C(O)c1c2nc(cc3[nH]c(cc4nc(cc5[nH]c1c1ccccc51)-c1ccccc1-4)c1ccccc31)-c1ccccc1-2.O=C(O)c1c2nc(cc3[nH]c(cc4nc(cc5[nH]c1c1ccccc51)-c1ccccc1-4)c1ccccc31)-c1ccccc1-2.[Zn]. The zero-order valence-electron chi connectivity index (χ0n) is 46.1. The molecule has 0 unspecified atom stereocenters. The molecule has 16 bridgehead atoms. The molecule has 0 amide bonds. The van der Waals surface area contributed by atoms with Crippen LogP contribution in [0.4, 0.5) is 0 Å². The van der Waals surface area contributed by atoms with Gasteiger partial charge in [-0.15, -0.1) is 0 Å². The normalized spacial score (nSPS) is 11.8. The Hall–Kier alpha value is -11.4. The molecule has 13 heteroatoms. The minimum atomic E-state index is -1.05. The van der Waals surface area contributed by atoms with Crippen molar-refractivity contribution in [1.29, 1.82) is 0 Å². The van der Waals surface area contributed by atoms with Gasteiger partial charge in [0.25, 0.3) is 0 Å². The van der Waals surface area contributed by atoms with Gasteiger partial charge in [-0.25, -0.2) is 29.5 Å². The molecule has 0 spiro atoms. The van der Waals surface area contributed by atoms with Crippen molar-refractivity contribution in [3.05, 3.63) is 242 Å². The summed E-state index contributed by atoms with van der Waals surface area (Å²) in [7, 11) is 0. The van der Waals surface area contributed by atoms with E-state index in [1.165, 1.54) is 0 Å². The van der Waals surface area contributed by atoms with Crippen molar-refractivity contribution < 1.29 is 39.3 Å². The van der Waals surface area contributed by atoms with Crippen LogP contribution in [0.2, 0.25) is 0 Å². The van der Waals surface area contributed by atoms with Gasteiger partial charge in [-0.3, -0.25) is 0 Å². The standard InChI is InChI=1S/2C37H22N4O2.Zn/c2*42-37(43)34-35-26-15-7-5-13-24(26)32(40-35)18-30-22-11-3-1-9-20(22)28(38-30)17-29-21-10-2-4-12-23(21)31(39-29)19-33-25-14-6-8-16-27(25)36(34)41-33;/h2*1-19,38,41H,(H,42,43);. The number of benzene rings is 8. The Morgan fingerprint density at radius 3 is 0.747 bits per heavy atom. The number of aromatic carboxylic acids is 2. The number of aromatic amines is 4. The van der Waals surface area contributed by atoms with Gasteiger partial charge in [-0.1, -0.05) is 194 Å². The van der Waals surface area contributed by atoms with Crippen molar-refractivity contribution in [2.75, 3.05) is 0 Å². The maximum absolute atomic E-state index is 13.1. The molecule has 87 heavy (non-hydrogen) atoms. The second-order valence-corrected chi connectivity index (χ2v) is 21.8. The summed E-state index contributed by atoms with van der Waals surface area (Å²) in [4.78, 5) is 60.7. The molecule has 14 aromatic rings. The number of carboxylic acid groups (broad SMARTS) is 2. The fraction of sp³-hybridized carbons (Fsp3) is 0. The minimum absolute atomic E-state index is 0. The first kappa shape index (κ1) is 51.3. The van der Waals surface area contributed by atoms with E-state index in [1.807, 2.05) is 170 Å². The number of carbonyl (C=O) groups is 2. The van der Waals surface area contributed by atoms with E-state index < -0.39 is 11.9 Å². The fourth-order valence-electron chi connectivity index (χ4n) is 13.1. The van der Waals surface area contributed by atoms with E-state index in [2.05, 4.69) is 80.6 Å². The van der Waals surface area contributed by atoms with Gasteiger partial charge < -0.3 is 30.1 Å². The van der Waals surface area contributed by atoms with Crippen LogP contribution in [-0.2, 0) is 19.5 Å². The average molecular weight is 1170 g/mol. The summed E-state index contributed by atoms with van der Waals surface area (Å²) in [5.41, 5.74) is 19.7. The van der Waals surface area contributed by atoms with E-state index in [0.29, 0.717) is 33.8 Å². The Balaban J connectivity index is 0.000000139. The predicted molar refractivity (Wildman–Crippen MR) is 344 cm³/mol. The molecular weight excluding hydrogens is 1130 g/mol. The smallest absolute Gasteiger partial charge is 0.340 e. The van der Waals surface area contributed by atoms with Crippen molar-refractivity contribution in [1.82, 2.24) is 39.9 Å². The molecule has 0 aliphatic carbocycles. The number of fused-ring (bicyclic) bond motifs is 40. The molecule has 0 fully saturated rings. The second-order valence-electron chi connectivity index (χ2n) is 21.8.